The third-order valence-corrected chi connectivity index (χ3v) is 0.1000. The first-order chi connectivity index (χ1) is 7.11. The molecule has 2 N–H and O–H groups in total. The van der Waals surface area contributed by atoms with Crippen molar-refractivity contribution in [3.05, 3.63) is 0 Å². The van der Waals surface area contributed by atoms with Crippen molar-refractivity contribution in [1.29, 1.82) is 0 Å². The molecule has 0 rings (SSSR count). The molecule has 0 aromatic heterocycles. The van der Waals surface area contributed by atoms with E-state index < -0.39 is 18.3 Å². The van der Waals surface area contributed by atoms with Crippen LogP contribution >= 0.6 is 0 Å². The van der Waals surface area contributed by atoms with E-state index in [1.165, 1.54) is 0 Å². The van der Waals surface area contributed by atoms with Crippen LogP contribution in [0.25, 0.3) is 0 Å². The maximum Gasteiger partial charge on any atom is 3.00 e. The molecule has 0 heterocycles. The predicted molar refractivity (Wildman–Crippen MR) is 59.6 cm³/mol. The molecule has 0 amide bonds. The van der Waals surface area contributed by atoms with Crippen LogP contribution in [0.4, 0.5) is 0 Å². The fourth-order valence-electron chi connectivity index (χ4n) is 0. The number of aliphatic hydroxyl groups is 2. The Balaban J connectivity index is -0.0000000369. The second kappa shape index (κ2) is 30.2. The SMILES string of the molecule is CC(C)[O-].CC(C)[O-].CC(C)[O-].OCCO.[La+3]. The summed E-state index contributed by atoms with van der Waals surface area (Å²) in [6.45, 7) is 9.42. The summed E-state index contributed by atoms with van der Waals surface area (Å²) in [5, 5.41) is 43.8. The molecule has 17 heavy (non-hydrogen) atoms. The molecule has 0 spiro atoms. The molecular formula is C11H27LaO5. The minimum atomic E-state index is -0.417. The molecule has 0 radical (unpaired) electrons. The van der Waals surface area contributed by atoms with Crippen molar-refractivity contribution in [3.63, 3.8) is 0 Å². The third kappa shape index (κ3) is 960. The van der Waals surface area contributed by atoms with Gasteiger partial charge in [0.05, 0.1) is 13.2 Å². The number of hydrogen-bond donors (Lipinski definition) is 2. The van der Waals surface area contributed by atoms with Crippen LogP contribution in [0.5, 0.6) is 0 Å². The van der Waals surface area contributed by atoms with Gasteiger partial charge in [0.1, 0.15) is 0 Å². The molecule has 104 valence electrons. The molecular weight excluding hydrogens is 351 g/mol. The summed E-state index contributed by atoms with van der Waals surface area (Å²) >= 11 is 0. The summed E-state index contributed by atoms with van der Waals surface area (Å²) in [4.78, 5) is 0. The fraction of sp³-hybridized carbons (Fsp3) is 1.00. The van der Waals surface area contributed by atoms with Crippen molar-refractivity contribution in [1.82, 2.24) is 0 Å². The van der Waals surface area contributed by atoms with E-state index in [1.54, 1.807) is 41.5 Å². The summed E-state index contributed by atoms with van der Waals surface area (Å²) < 4.78 is 0. The molecule has 0 aliphatic carbocycles. The second-order valence-corrected chi connectivity index (χ2v) is 3.59. The van der Waals surface area contributed by atoms with Crippen LogP contribution in [0.1, 0.15) is 41.5 Å². The maximum atomic E-state index is 9.53. The summed E-state index contributed by atoms with van der Waals surface area (Å²) in [6.07, 6.45) is -1.25. The van der Waals surface area contributed by atoms with Gasteiger partial charge >= 0.3 is 35.6 Å². The van der Waals surface area contributed by atoms with E-state index in [4.69, 9.17) is 10.2 Å². The van der Waals surface area contributed by atoms with E-state index in [9.17, 15) is 15.3 Å². The van der Waals surface area contributed by atoms with E-state index in [1.807, 2.05) is 0 Å². The van der Waals surface area contributed by atoms with Gasteiger partial charge in [0.15, 0.2) is 0 Å². The van der Waals surface area contributed by atoms with Crippen LogP contribution in [-0.2, 0) is 0 Å². The summed E-state index contributed by atoms with van der Waals surface area (Å²) in [7, 11) is 0. The first-order valence-electron chi connectivity index (χ1n) is 5.30. The van der Waals surface area contributed by atoms with Gasteiger partial charge in [0, 0.05) is 0 Å². The molecule has 0 saturated heterocycles. The zero-order valence-corrected chi connectivity index (χ0v) is 15.5. The van der Waals surface area contributed by atoms with E-state index in [0.717, 1.165) is 0 Å². The van der Waals surface area contributed by atoms with E-state index >= 15 is 0 Å². The van der Waals surface area contributed by atoms with Crippen LogP contribution in [0.15, 0.2) is 0 Å². The molecule has 0 unspecified atom stereocenters. The fourth-order valence-corrected chi connectivity index (χ4v) is 0. The van der Waals surface area contributed by atoms with Crippen molar-refractivity contribution in [2.75, 3.05) is 13.2 Å². The van der Waals surface area contributed by atoms with Gasteiger partial charge in [-0.3, -0.25) is 0 Å². The van der Waals surface area contributed by atoms with E-state index in [0.29, 0.717) is 0 Å². The van der Waals surface area contributed by atoms with Gasteiger partial charge in [0.25, 0.3) is 0 Å². The normalized spacial score (nSPS) is 8.12. The van der Waals surface area contributed by atoms with Gasteiger partial charge < -0.3 is 25.5 Å². The molecule has 0 atom stereocenters. The molecule has 5 nitrogen and oxygen atoms in total. The average molecular weight is 378 g/mol. The van der Waals surface area contributed by atoms with Gasteiger partial charge in [-0.1, -0.05) is 41.5 Å². The van der Waals surface area contributed by atoms with Crippen LogP contribution in [-0.4, -0.2) is 41.7 Å². The first kappa shape index (κ1) is 30.8. The Kier molecular flexibility index (Phi) is 54.7. The molecule has 0 aliphatic rings. The Morgan fingerprint density at radius 3 is 0.706 bits per heavy atom. The Bertz CT molecular complexity index is 65.4. The standard InChI is InChI=1S/3C3H7O.C2H6O2.La/c3*1-3(2)4;3-1-2-4;/h3*3H,1-2H3;3-4H,1-2H2;/q3*-1;;+3. The van der Waals surface area contributed by atoms with Gasteiger partial charge in [-0.15, -0.1) is 18.3 Å². The molecule has 6 heteroatoms. The van der Waals surface area contributed by atoms with Crippen molar-refractivity contribution in [3.8, 4) is 0 Å². The number of aliphatic hydroxyl groups excluding tert-OH is 2. The van der Waals surface area contributed by atoms with E-state index in [2.05, 4.69) is 0 Å². The minimum absolute atomic E-state index is 0. The monoisotopic (exact) mass is 378 g/mol. The molecule has 0 saturated carbocycles. The van der Waals surface area contributed by atoms with Crippen LogP contribution < -0.4 is 15.3 Å². The van der Waals surface area contributed by atoms with Gasteiger partial charge in [-0.05, 0) is 0 Å². The molecule has 0 aliphatic heterocycles. The van der Waals surface area contributed by atoms with Crippen LogP contribution in [0, 0.1) is 35.6 Å². The smallest absolute Gasteiger partial charge is 0.852 e. The predicted octanol–water partition coefficient (Wildman–Crippen LogP) is -1.76. The molecule has 0 fully saturated rings. The molecule has 0 bridgehead atoms. The zero-order valence-electron chi connectivity index (χ0n) is 11.8. The molecule has 0 aromatic carbocycles. The van der Waals surface area contributed by atoms with Gasteiger partial charge in [0.2, 0.25) is 0 Å². The summed E-state index contributed by atoms with van der Waals surface area (Å²) in [5.41, 5.74) is 0. The quantitative estimate of drug-likeness (QED) is 0.562. The van der Waals surface area contributed by atoms with Crippen LogP contribution in [0.2, 0.25) is 0 Å². The molecule has 0 aromatic rings. The summed E-state index contributed by atoms with van der Waals surface area (Å²) in [5.74, 6) is 0. The second-order valence-electron chi connectivity index (χ2n) is 3.59. The van der Waals surface area contributed by atoms with Crippen molar-refractivity contribution in [2.24, 2.45) is 0 Å². The third-order valence-electron chi connectivity index (χ3n) is 0.1000. The Morgan fingerprint density at radius 2 is 0.706 bits per heavy atom. The topological polar surface area (TPSA) is 110 Å². The average Bonchev–Trinajstić information content (AvgIpc) is 2.00. The van der Waals surface area contributed by atoms with Gasteiger partial charge in [-0.2, -0.15) is 0 Å². The Morgan fingerprint density at radius 1 is 0.647 bits per heavy atom. The maximum absolute atomic E-state index is 9.53. The zero-order chi connectivity index (χ0) is 14.1. The number of rotatable bonds is 1. The van der Waals surface area contributed by atoms with Crippen molar-refractivity contribution < 1.29 is 61.1 Å². The Labute approximate surface area is 133 Å². The minimum Gasteiger partial charge on any atom is -0.852 e. The Hall–Kier alpha value is 0.995. The first-order valence-corrected chi connectivity index (χ1v) is 5.30. The van der Waals surface area contributed by atoms with Crippen molar-refractivity contribution >= 4 is 0 Å². The van der Waals surface area contributed by atoms with Crippen LogP contribution in [0.3, 0.4) is 0 Å². The largest absolute Gasteiger partial charge is 3.00 e. The van der Waals surface area contributed by atoms with E-state index in [-0.39, 0.29) is 48.8 Å². The van der Waals surface area contributed by atoms with Gasteiger partial charge in [-0.25, -0.2) is 0 Å². The number of hydrogen-bond acceptors (Lipinski definition) is 5. The summed E-state index contributed by atoms with van der Waals surface area (Å²) in [6, 6.07) is 0. The van der Waals surface area contributed by atoms with Crippen molar-refractivity contribution in [2.45, 2.75) is 59.9 Å².